The molecule has 1 aliphatic rings. The van der Waals surface area contributed by atoms with Crippen LogP contribution in [0.3, 0.4) is 0 Å². The molecule has 10 heteroatoms. The highest BCUT2D eigenvalue weighted by molar-refractivity contribution is 7.09. The van der Waals surface area contributed by atoms with Gasteiger partial charge in [0.2, 0.25) is 5.91 Å². The second kappa shape index (κ2) is 13.5. The lowest BCUT2D eigenvalue weighted by molar-refractivity contribution is -0.122. The van der Waals surface area contributed by atoms with E-state index in [9.17, 15) is 18.8 Å². The Kier molecular flexibility index (Phi) is 10.4. The Morgan fingerprint density at radius 1 is 1.16 bits per heavy atom. The number of para-hydroxylation sites is 1. The van der Waals surface area contributed by atoms with Gasteiger partial charge in [-0.1, -0.05) is 58.6 Å². The van der Waals surface area contributed by atoms with Gasteiger partial charge in [-0.05, 0) is 55.3 Å². The van der Waals surface area contributed by atoms with Gasteiger partial charge in [-0.3, -0.25) is 19.3 Å². The summed E-state index contributed by atoms with van der Waals surface area (Å²) in [6.07, 6.45) is 6.74. The molecule has 3 rings (SSSR count). The van der Waals surface area contributed by atoms with Crippen LogP contribution in [0.1, 0.15) is 92.3 Å². The van der Waals surface area contributed by atoms with Crippen LogP contribution in [-0.2, 0) is 4.79 Å². The number of benzene rings is 1. The predicted octanol–water partition coefficient (Wildman–Crippen LogP) is 4.90. The van der Waals surface area contributed by atoms with Crippen LogP contribution < -0.4 is 21.3 Å². The number of hydrogen-bond acceptors (Lipinski definition) is 6. The SMILES string of the molecule is CCCC(C(=O)NCCC(C)C)N(C(=O)c1snc(C(=O)NC2CCCCC2)c1N)c1ccccc1F. The van der Waals surface area contributed by atoms with E-state index in [1.165, 1.54) is 18.2 Å². The zero-order valence-corrected chi connectivity index (χ0v) is 22.7. The quantitative estimate of drug-likeness (QED) is 0.381. The van der Waals surface area contributed by atoms with E-state index in [0.29, 0.717) is 25.3 Å². The van der Waals surface area contributed by atoms with Gasteiger partial charge >= 0.3 is 0 Å². The second-order valence-corrected chi connectivity index (χ2v) is 10.8. The molecule has 2 aromatic rings. The molecule has 1 fully saturated rings. The fourth-order valence-electron chi connectivity index (χ4n) is 4.54. The van der Waals surface area contributed by atoms with Crippen molar-refractivity contribution in [3.8, 4) is 0 Å². The van der Waals surface area contributed by atoms with E-state index in [4.69, 9.17) is 5.73 Å². The third kappa shape index (κ3) is 7.28. The van der Waals surface area contributed by atoms with Gasteiger partial charge in [0.1, 0.15) is 16.7 Å². The van der Waals surface area contributed by atoms with Gasteiger partial charge in [0.25, 0.3) is 11.8 Å². The topological polar surface area (TPSA) is 117 Å². The molecule has 1 unspecified atom stereocenters. The monoisotopic (exact) mass is 531 g/mol. The molecule has 1 aromatic heterocycles. The molecule has 3 amide bonds. The number of nitrogens with two attached hydrogens (primary N) is 1. The number of nitrogen functional groups attached to an aromatic ring is 1. The Morgan fingerprint density at radius 2 is 1.86 bits per heavy atom. The third-order valence-corrected chi connectivity index (χ3v) is 7.46. The van der Waals surface area contributed by atoms with Crippen molar-refractivity contribution in [1.29, 1.82) is 0 Å². The lowest BCUT2D eigenvalue weighted by atomic mass is 9.95. The van der Waals surface area contributed by atoms with Crippen molar-refractivity contribution >= 4 is 40.6 Å². The fraction of sp³-hybridized carbons (Fsp3) is 0.556. The highest BCUT2D eigenvalue weighted by Gasteiger charge is 2.36. The summed E-state index contributed by atoms with van der Waals surface area (Å²) < 4.78 is 19.2. The highest BCUT2D eigenvalue weighted by atomic mass is 32.1. The molecule has 1 heterocycles. The first-order chi connectivity index (χ1) is 17.7. The van der Waals surface area contributed by atoms with E-state index in [-0.39, 0.29) is 33.9 Å². The van der Waals surface area contributed by atoms with E-state index in [2.05, 4.69) is 28.9 Å². The van der Waals surface area contributed by atoms with Crippen LogP contribution in [0.15, 0.2) is 24.3 Å². The fourth-order valence-corrected chi connectivity index (χ4v) is 5.28. The molecule has 0 saturated heterocycles. The molecule has 0 bridgehead atoms. The summed E-state index contributed by atoms with van der Waals surface area (Å²) in [6.45, 7) is 6.45. The van der Waals surface area contributed by atoms with E-state index >= 15 is 0 Å². The van der Waals surface area contributed by atoms with Crippen LogP contribution in [0.4, 0.5) is 15.8 Å². The van der Waals surface area contributed by atoms with E-state index in [0.717, 1.165) is 55.0 Å². The van der Waals surface area contributed by atoms with E-state index in [1.807, 2.05) is 6.92 Å². The number of halogens is 1. The van der Waals surface area contributed by atoms with Crippen molar-refractivity contribution in [1.82, 2.24) is 15.0 Å². The Bertz CT molecular complexity index is 1080. The summed E-state index contributed by atoms with van der Waals surface area (Å²) in [7, 11) is 0. The standard InChI is InChI=1S/C27H38FN5O3S/c1-4-10-21(25(34)30-16-15-17(2)3)33(20-14-9-8-13-19(20)28)27(36)24-22(29)23(32-37-24)26(35)31-18-11-6-5-7-12-18/h8-9,13-14,17-18,21H,4-7,10-12,15-16,29H2,1-3H3,(H,30,34)(H,31,35). The second-order valence-electron chi connectivity index (χ2n) is 9.99. The van der Waals surface area contributed by atoms with Gasteiger partial charge in [-0.25, -0.2) is 4.39 Å². The van der Waals surface area contributed by atoms with Crippen molar-refractivity contribution in [2.75, 3.05) is 17.2 Å². The van der Waals surface area contributed by atoms with Gasteiger partial charge in [0, 0.05) is 12.6 Å². The zero-order valence-electron chi connectivity index (χ0n) is 21.9. The molecule has 0 radical (unpaired) electrons. The van der Waals surface area contributed by atoms with Crippen molar-refractivity contribution < 1.29 is 18.8 Å². The van der Waals surface area contributed by atoms with Crippen LogP contribution in [0.5, 0.6) is 0 Å². The van der Waals surface area contributed by atoms with Crippen LogP contribution in [-0.4, -0.2) is 40.7 Å². The minimum atomic E-state index is -0.956. The lowest BCUT2D eigenvalue weighted by Crippen LogP contribution is -2.50. The number of anilines is 2. The van der Waals surface area contributed by atoms with Gasteiger partial charge < -0.3 is 16.4 Å². The average Bonchev–Trinajstić information content (AvgIpc) is 3.26. The maximum absolute atomic E-state index is 15.0. The number of carbonyl (C=O) groups is 3. The number of hydrogen-bond donors (Lipinski definition) is 3. The molecule has 0 aliphatic heterocycles. The molecule has 0 spiro atoms. The maximum Gasteiger partial charge on any atom is 0.273 e. The summed E-state index contributed by atoms with van der Waals surface area (Å²) in [5.41, 5.74) is 6.18. The number of aromatic nitrogens is 1. The molecular weight excluding hydrogens is 493 g/mol. The molecule has 1 atom stereocenters. The van der Waals surface area contributed by atoms with E-state index < -0.39 is 23.7 Å². The molecule has 37 heavy (non-hydrogen) atoms. The zero-order chi connectivity index (χ0) is 26.9. The summed E-state index contributed by atoms with van der Waals surface area (Å²) in [4.78, 5) is 41.2. The summed E-state index contributed by atoms with van der Waals surface area (Å²) in [5.74, 6) is -1.69. The van der Waals surface area contributed by atoms with Crippen molar-refractivity contribution in [3.63, 3.8) is 0 Å². The summed E-state index contributed by atoms with van der Waals surface area (Å²) >= 11 is 0.791. The Balaban J connectivity index is 1.92. The summed E-state index contributed by atoms with van der Waals surface area (Å²) in [6, 6.07) is 4.94. The van der Waals surface area contributed by atoms with Crippen molar-refractivity contribution in [3.05, 3.63) is 40.7 Å². The molecular formula is C27H38FN5O3S. The molecule has 8 nitrogen and oxygen atoms in total. The number of nitrogens with one attached hydrogen (secondary N) is 2. The third-order valence-electron chi connectivity index (χ3n) is 6.61. The number of nitrogens with zero attached hydrogens (tertiary/aromatic N) is 2. The van der Waals surface area contributed by atoms with Gasteiger partial charge in [-0.2, -0.15) is 4.37 Å². The number of amides is 3. The predicted molar refractivity (Wildman–Crippen MR) is 145 cm³/mol. The smallest absolute Gasteiger partial charge is 0.273 e. The molecule has 1 aromatic carbocycles. The first kappa shape index (κ1) is 28.6. The number of carbonyl (C=O) groups excluding carboxylic acids is 3. The Morgan fingerprint density at radius 3 is 2.51 bits per heavy atom. The first-order valence-corrected chi connectivity index (χ1v) is 13.9. The first-order valence-electron chi connectivity index (χ1n) is 13.2. The largest absolute Gasteiger partial charge is 0.395 e. The summed E-state index contributed by atoms with van der Waals surface area (Å²) in [5, 5.41) is 5.86. The minimum absolute atomic E-state index is 0.00753. The Hall–Kier alpha value is -3.01. The minimum Gasteiger partial charge on any atom is -0.395 e. The average molecular weight is 532 g/mol. The van der Waals surface area contributed by atoms with Crippen LogP contribution in [0.2, 0.25) is 0 Å². The van der Waals surface area contributed by atoms with Gasteiger partial charge in [-0.15, -0.1) is 0 Å². The van der Waals surface area contributed by atoms with Gasteiger partial charge in [0.05, 0.1) is 11.4 Å². The maximum atomic E-state index is 15.0. The number of rotatable bonds is 11. The van der Waals surface area contributed by atoms with Crippen molar-refractivity contribution in [2.45, 2.75) is 84.2 Å². The van der Waals surface area contributed by atoms with Crippen LogP contribution in [0, 0.1) is 11.7 Å². The molecule has 202 valence electrons. The van der Waals surface area contributed by atoms with Gasteiger partial charge in [0.15, 0.2) is 5.69 Å². The van der Waals surface area contributed by atoms with Crippen LogP contribution in [0.25, 0.3) is 0 Å². The van der Waals surface area contributed by atoms with Crippen LogP contribution >= 0.6 is 11.5 Å². The van der Waals surface area contributed by atoms with E-state index in [1.54, 1.807) is 6.07 Å². The molecule has 4 N–H and O–H groups in total. The molecule has 1 saturated carbocycles. The molecule has 1 aliphatic carbocycles. The lowest BCUT2D eigenvalue weighted by Gasteiger charge is -2.31. The highest BCUT2D eigenvalue weighted by Crippen LogP contribution is 2.30. The normalized spacial score (nSPS) is 14.8. The Labute approximate surface area is 222 Å². The van der Waals surface area contributed by atoms with Crippen molar-refractivity contribution in [2.24, 2.45) is 5.92 Å².